The maximum absolute atomic E-state index is 12.2. The number of aryl methyl sites for hydroxylation is 1. The van der Waals surface area contributed by atoms with Crippen molar-refractivity contribution >= 4 is 23.1 Å². The number of methoxy groups -OCH3 is 1. The van der Waals surface area contributed by atoms with E-state index in [1.54, 1.807) is 30.4 Å². The van der Waals surface area contributed by atoms with Gasteiger partial charge in [-0.2, -0.15) is 11.3 Å². The maximum Gasteiger partial charge on any atom is 0.321 e. The summed E-state index contributed by atoms with van der Waals surface area (Å²) in [5.74, 6) is 0.660. The van der Waals surface area contributed by atoms with Crippen molar-refractivity contribution in [1.29, 1.82) is 0 Å². The van der Waals surface area contributed by atoms with E-state index in [2.05, 4.69) is 5.32 Å². The molecule has 20 heavy (non-hydrogen) atoms. The van der Waals surface area contributed by atoms with Gasteiger partial charge in [0.05, 0.1) is 12.8 Å². The monoisotopic (exact) mass is 290 g/mol. The van der Waals surface area contributed by atoms with Gasteiger partial charge in [0.1, 0.15) is 5.75 Å². The molecule has 0 unspecified atom stereocenters. The van der Waals surface area contributed by atoms with E-state index in [0.717, 1.165) is 11.1 Å². The fraction of sp³-hybridized carbons (Fsp3) is 0.267. The van der Waals surface area contributed by atoms with Crippen LogP contribution in [0, 0.1) is 6.92 Å². The molecule has 1 N–H and O–H groups in total. The van der Waals surface area contributed by atoms with Gasteiger partial charge in [0.15, 0.2) is 0 Å². The van der Waals surface area contributed by atoms with E-state index >= 15 is 0 Å². The zero-order chi connectivity index (χ0) is 14.5. The van der Waals surface area contributed by atoms with Crippen LogP contribution in [0.2, 0.25) is 0 Å². The summed E-state index contributed by atoms with van der Waals surface area (Å²) in [6, 6.07) is 7.56. The summed E-state index contributed by atoms with van der Waals surface area (Å²) in [6.07, 6.45) is 0. The molecule has 0 bridgehead atoms. The van der Waals surface area contributed by atoms with Crippen LogP contribution < -0.4 is 10.1 Å². The zero-order valence-electron chi connectivity index (χ0n) is 11.8. The lowest BCUT2D eigenvalue weighted by atomic mass is 10.2. The Kier molecular flexibility index (Phi) is 4.63. The number of nitrogens with one attached hydrogen (secondary N) is 1. The topological polar surface area (TPSA) is 41.6 Å². The molecule has 0 aliphatic carbocycles. The molecule has 1 aromatic carbocycles. The third kappa shape index (κ3) is 3.51. The van der Waals surface area contributed by atoms with Crippen LogP contribution in [-0.4, -0.2) is 25.1 Å². The summed E-state index contributed by atoms with van der Waals surface area (Å²) in [7, 11) is 3.37. The predicted molar refractivity (Wildman–Crippen MR) is 82.5 cm³/mol. The summed E-state index contributed by atoms with van der Waals surface area (Å²) >= 11 is 1.63. The maximum atomic E-state index is 12.2. The highest BCUT2D eigenvalue weighted by molar-refractivity contribution is 7.07. The molecule has 2 aromatic rings. The summed E-state index contributed by atoms with van der Waals surface area (Å²) in [5, 5.41) is 6.92. The predicted octanol–water partition coefficient (Wildman–Crippen LogP) is 3.73. The van der Waals surface area contributed by atoms with Crippen molar-refractivity contribution in [2.45, 2.75) is 13.5 Å². The van der Waals surface area contributed by atoms with Crippen molar-refractivity contribution in [2.24, 2.45) is 0 Å². The van der Waals surface area contributed by atoms with Crippen LogP contribution in [0.5, 0.6) is 5.75 Å². The van der Waals surface area contributed by atoms with Crippen molar-refractivity contribution in [1.82, 2.24) is 4.90 Å². The van der Waals surface area contributed by atoms with Crippen LogP contribution in [0.1, 0.15) is 11.1 Å². The van der Waals surface area contributed by atoms with Gasteiger partial charge < -0.3 is 15.0 Å². The molecule has 0 atom stereocenters. The van der Waals surface area contributed by atoms with Crippen molar-refractivity contribution in [3.05, 3.63) is 46.2 Å². The molecule has 2 rings (SSSR count). The van der Waals surface area contributed by atoms with Gasteiger partial charge in [-0.05, 0) is 47.0 Å². The lowest BCUT2D eigenvalue weighted by molar-refractivity contribution is 0.220. The van der Waals surface area contributed by atoms with E-state index in [-0.39, 0.29) is 6.03 Å². The van der Waals surface area contributed by atoms with Crippen LogP contribution in [0.4, 0.5) is 10.5 Å². The minimum absolute atomic E-state index is 0.153. The lowest BCUT2D eigenvalue weighted by Gasteiger charge is -2.18. The number of rotatable bonds is 4. The molecule has 0 saturated carbocycles. The van der Waals surface area contributed by atoms with Gasteiger partial charge in [0, 0.05) is 13.6 Å². The molecule has 0 saturated heterocycles. The number of nitrogens with zero attached hydrogens (tertiary/aromatic N) is 1. The van der Waals surface area contributed by atoms with Crippen molar-refractivity contribution in [3.63, 3.8) is 0 Å². The normalized spacial score (nSPS) is 10.2. The Morgan fingerprint density at radius 3 is 2.85 bits per heavy atom. The van der Waals surface area contributed by atoms with Gasteiger partial charge >= 0.3 is 6.03 Å². The first-order valence-corrected chi connectivity index (χ1v) is 7.22. The van der Waals surface area contributed by atoms with Crippen molar-refractivity contribution in [2.75, 3.05) is 19.5 Å². The minimum Gasteiger partial charge on any atom is -0.495 e. The second kappa shape index (κ2) is 6.43. The van der Waals surface area contributed by atoms with Crippen LogP contribution in [0.3, 0.4) is 0 Å². The number of amides is 2. The fourth-order valence-corrected chi connectivity index (χ4v) is 2.52. The highest BCUT2D eigenvalue weighted by Gasteiger charge is 2.12. The van der Waals surface area contributed by atoms with Crippen LogP contribution in [0.25, 0.3) is 0 Å². The van der Waals surface area contributed by atoms with Gasteiger partial charge in [0.25, 0.3) is 0 Å². The molecule has 0 radical (unpaired) electrons. The van der Waals surface area contributed by atoms with Crippen LogP contribution in [-0.2, 0) is 6.54 Å². The average Bonchev–Trinajstić information content (AvgIpc) is 2.91. The quantitative estimate of drug-likeness (QED) is 0.932. The first-order valence-electron chi connectivity index (χ1n) is 6.28. The average molecular weight is 290 g/mol. The number of hydrogen-bond acceptors (Lipinski definition) is 3. The zero-order valence-corrected chi connectivity index (χ0v) is 12.7. The number of hydrogen-bond donors (Lipinski definition) is 1. The molecule has 106 valence electrons. The van der Waals surface area contributed by atoms with E-state index in [9.17, 15) is 4.79 Å². The summed E-state index contributed by atoms with van der Waals surface area (Å²) in [4.78, 5) is 13.8. The van der Waals surface area contributed by atoms with Crippen molar-refractivity contribution in [3.8, 4) is 5.75 Å². The molecular formula is C15H18N2O2S. The number of benzene rings is 1. The largest absolute Gasteiger partial charge is 0.495 e. The second-order valence-corrected chi connectivity index (χ2v) is 5.40. The number of urea groups is 1. The fourth-order valence-electron chi connectivity index (χ4n) is 1.86. The molecule has 0 aliphatic rings. The van der Waals surface area contributed by atoms with Crippen LogP contribution in [0.15, 0.2) is 35.0 Å². The van der Waals surface area contributed by atoms with E-state index in [0.29, 0.717) is 18.0 Å². The molecule has 0 fully saturated rings. The standard InChI is InChI=1S/C15H18N2O2S/c1-11-4-5-14(19-3)13(8-11)16-15(18)17(2)9-12-6-7-20-10-12/h4-8,10H,9H2,1-3H3,(H,16,18). The van der Waals surface area contributed by atoms with Crippen LogP contribution >= 0.6 is 11.3 Å². The molecule has 4 nitrogen and oxygen atoms in total. The molecule has 0 aliphatic heterocycles. The molecule has 0 spiro atoms. The van der Waals surface area contributed by atoms with Crippen molar-refractivity contribution < 1.29 is 9.53 Å². The third-order valence-electron chi connectivity index (χ3n) is 2.94. The Labute approximate surface area is 123 Å². The van der Waals surface area contributed by atoms with E-state index in [1.807, 2.05) is 41.9 Å². The number of anilines is 1. The van der Waals surface area contributed by atoms with Gasteiger partial charge in [-0.1, -0.05) is 6.07 Å². The molecule has 5 heteroatoms. The van der Waals surface area contributed by atoms with Gasteiger partial charge in [-0.3, -0.25) is 0 Å². The smallest absolute Gasteiger partial charge is 0.321 e. The molecule has 1 heterocycles. The first kappa shape index (κ1) is 14.4. The number of ether oxygens (including phenoxy) is 1. The first-order chi connectivity index (χ1) is 9.60. The minimum atomic E-state index is -0.153. The summed E-state index contributed by atoms with van der Waals surface area (Å²) in [6.45, 7) is 2.56. The lowest BCUT2D eigenvalue weighted by Crippen LogP contribution is -2.30. The third-order valence-corrected chi connectivity index (χ3v) is 3.68. The molecule has 2 amide bonds. The van der Waals surface area contributed by atoms with Gasteiger partial charge in [0.2, 0.25) is 0 Å². The second-order valence-electron chi connectivity index (χ2n) is 4.62. The highest BCUT2D eigenvalue weighted by atomic mass is 32.1. The number of thiophene rings is 1. The molecule has 1 aromatic heterocycles. The van der Waals surface area contributed by atoms with Gasteiger partial charge in [-0.15, -0.1) is 0 Å². The number of carbonyl (C=O) groups is 1. The summed E-state index contributed by atoms with van der Waals surface area (Å²) in [5.41, 5.74) is 2.89. The Morgan fingerprint density at radius 1 is 1.40 bits per heavy atom. The Bertz CT molecular complexity index is 582. The van der Waals surface area contributed by atoms with E-state index in [1.165, 1.54) is 0 Å². The Morgan fingerprint density at radius 2 is 2.20 bits per heavy atom. The Hall–Kier alpha value is -2.01. The van der Waals surface area contributed by atoms with E-state index in [4.69, 9.17) is 4.74 Å². The summed E-state index contributed by atoms with van der Waals surface area (Å²) < 4.78 is 5.26. The van der Waals surface area contributed by atoms with E-state index < -0.39 is 0 Å². The SMILES string of the molecule is COc1ccc(C)cc1NC(=O)N(C)Cc1ccsc1. The highest BCUT2D eigenvalue weighted by Crippen LogP contribution is 2.25. The molecular weight excluding hydrogens is 272 g/mol. The Balaban J connectivity index is 2.05. The van der Waals surface area contributed by atoms with Gasteiger partial charge in [-0.25, -0.2) is 4.79 Å². The number of carbonyl (C=O) groups excluding carboxylic acids is 1.